The van der Waals surface area contributed by atoms with Crippen molar-refractivity contribution in [3.8, 4) is 0 Å². The van der Waals surface area contributed by atoms with Crippen molar-refractivity contribution < 1.29 is 0 Å². The van der Waals surface area contributed by atoms with Gasteiger partial charge in [-0.25, -0.2) is 0 Å². The minimum Gasteiger partial charge on any atom is -0.275 e. The molecule has 0 atom stereocenters. The second kappa shape index (κ2) is 5.20. The summed E-state index contributed by atoms with van der Waals surface area (Å²) in [7, 11) is 1.94. The van der Waals surface area contributed by atoms with E-state index in [1.165, 1.54) is 20.5 Å². The second-order valence-corrected chi connectivity index (χ2v) is 5.17. The first-order valence-electron chi connectivity index (χ1n) is 5.87. The lowest BCUT2D eigenvalue weighted by Crippen LogP contribution is -2.05. The molecular formula is C12H17IN4. The smallest absolute Gasteiger partial charge is 0.0758 e. The number of halogens is 1. The van der Waals surface area contributed by atoms with Crippen molar-refractivity contribution in [3.63, 3.8) is 0 Å². The Kier molecular flexibility index (Phi) is 3.86. The van der Waals surface area contributed by atoms with Crippen LogP contribution >= 0.6 is 22.6 Å². The summed E-state index contributed by atoms with van der Waals surface area (Å²) in [4.78, 5) is 0. The van der Waals surface area contributed by atoms with Crippen LogP contribution in [0.2, 0.25) is 0 Å². The highest BCUT2D eigenvalue weighted by Crippen LogP contribution is 2.19. The lowest BCUT2D eigenvalue weighted by atomic mass is 10.2. The van der Waals surface area contributed by atoms with Crippen molar-refractivity contribution in [1.29, 1.82) is 0 Å². The van der Waals surface area contributed by atoms with Gasteiger partial charge in [0.1, 0.15) is 0 Å². The number of aromatic nitrogens is 4. The van der Waals surface area contributed by atoms with Crippen LogP contribution in [0.3, 0.4) is 0 Å². The normalized spacial score (nSPS) is 11.1. The predicted octanol–water partition coefficient (Wildman–Crippen LogP) is 2.39. The van der Waals surface area contributed by atoms with Crippen LogP contribution in [0.4, 0.5) is 0 Å². The van der Waals surface area contributed by atoms with Gasteiger partial charge in [-0.2, -0.15) is 10.2 Å². The van der Waals surface area contributed by atoms with Crippen LogP contribution in [0.5, 0.6) is 0 Å². The fraction of sp³-hybridized carbons (Fsp3) is 0.500. The Morgan fingerprint density at radius 1 is 1.29 bits per heavy atom. The van der Waals surface area contributed by atoms with E-state index in [0.717, 1.165) is 19.4 Å². The van der Waals surface area contributed by atoms with Crippen molar-refractivity contribution in [3.05, 3.63) is 32.9 Å². The van der Waals surface area contributed by atoms with Gasteiger partial charge < -0.3 is 0 Å². The summed E-state index contributed by atoms with van der Waals surface area (Å²) < 4.78 is 5.25. The van der Waals surface area contributed by atoms with Gasteiger partial charge in [0, 0.05) is 18.8 Å². The Morgan fingerprint density at radius 2 is 2.06 bits per heavy atom. The van der Waals surface area contributed by atoms with Gasteiger partial charge >= 0.3 is 0 Å². The molecule has 0 aliphatic rings. The highest BCUT2D eigenvalue weighted by atomic mass is 127. The van der Waals surface area contributed by atoms with E-state index < -0.39 is 0 Å². The molecule has 0 unspecified atom stereocenters. The third-order valence-corrected chi connectivity index (χ3v) is 4.07. The first kappa shape index (κ1) is 12.6. The Labute approximate surface area is 115 Å². The Morgan fingerprint density at radius 3 is 2.59 bits per heavy atom. The van der Waals surface area contributed by atoms with E-state index in [4.69, 9.17) is 0 Å². The number of nitrogens with zero attached hydrogens (tertiary/aromatic N) is 4. The zero-order valence-corrected chi connectivity index (χ0v) is 12.6. The molecule has 0 aromatic carbocycles. The summed E-state index contributed by atoms with van der Waals surface area (Å²) in [5, 5.41) is 8.87. The van der Waals surface area contributed by atoms with Gasteiger partial charge in [-0.15, -0.1) is 0 Å². The molecule has 2 rings (SSSR count). The molecule has 0 N–H and O–H groups in total. The van der Waals surface area contributed by atoms with Crippen molar-refractivity contribution in [1.82, 2.24) is 19.6 Å². The monoisotopic (exact) mass is 344 g/mol. The lowest BCUT2D eigenvalue weighted by molar-refractivity contribution is 0.639. The number of hydrogen-bond acceptors (Lipinski definition) is 2. The summed E-state index contributed by atoms with van der Waals surface area (Å²) >= 11 is 2.41. The van der Waals surface area contributed by atoms with E-state index in [1.54, 1.807) is 0 Å². The zero-order chi connectivity index (χ0) is 12.4. The zero-order valence-electron chi connectivity index (χ0n) is 10.4. The number of rotatable bonds is 4. The molecule has 0 bridgehead atoms. The molecule has 4 nitrogen and oxygen atoms in total. The first-order chi connectivity index (χ1) is 8.15. The van der Waals surface area contributed by atoms with Crippen LogP contribution in [0, 0.1) is 3.57 Å². The van der Waals surface area contributed by atoms with Crippen molar-refractivity contribution >= 4 is 22.6 Å². The van der Waals surface area contributed by atoms with Crippen LogP contribution in [-0.2, 0) is 26.4 Å². The van der Waals surface area contributed by atoms with Crippen LogP contribution in [0.1, 0.15) is 30.8 Å². The maximum Gasteiger partial charge on any atom is 0.0758 e. The van der Waals surface area contributed by atoms with Gasteiger partial charge in [0.05, 0.1) is 27.7 Å². The molecule has 5 heteroatoms. The number of aryl methyl sites for hydroxylation is 2. The SMILES string of the molecule is CCc1nn(Cc2cnn(C)c2)c(CC)c1I. The molecule has 2 aromatic heterocycles. The highest BCUT2D eigenvalue weighted by Gasteiger charge is 2.13. The minimum absolute atomic E-state index is 0.813. The molecule has 0 amide bonds. The maximum atomic E-state index is 4.68. The molecular weight excluding hydrogens is 327 g/mol. The van der Waals surface area contributed by atoms with Crippen molar-refractivity contribution in [2.24, 2.45) is 7.05 Å². The third kappa shape index (κ3) is 2.53. The quantitative estimate of drug-likeness (QED) is 0.799. The average molecular weight is 344 g/mol. The summed E-state index contributed by atoms with van der Waals surface area (Å²) in [5.41, 5.74) is 3.72. The summed E-state index contributed by atoms with van der Waals surface area (Å²) in [6, 6.07) is 0. The molecule has 0 saturated heterocycles. The van der Waals surface area contributed by atoms with E-state index in [1.807, 2.05) is 24.1 Å². The van der Waals surface area contributed by atoms with Crippen LogP contribution in [-0.4, -0.2) is 19.6 Å². The molecule has 0 fully saturated rings. The Bertz CT molecular complexity index is 513. The topological polar surface area (TPSA) is 35.6 Å². The number of hydrogen-bond donors (Lipinski definition) is 0. The fourth-order valence-electron chi connectivity index (χ4n) is 1.95. The van der Waals surface area contributed by atoms with Crippen LogP contribution in [0.25, 0.3) is 0 Å². The fourth-order valence-corrected chi connectivity index (χ4v) is 3.10. The molecule has 2 heterocycles. The molecule has 0 aliphatic heterocycles. The van der Waals surface area contributed by atoms with E-state index in [0.29, 0.717) is 0 Å². The maximum absolute atomic E-state index is 4.68. The van der Waals surface area contributed by atoms with E-state index in [9.17, 15) is 0 Å². The van der Waals surface area contributed by atoms with Gasteiger partial charge in [-0.3, -0.25) is 9.36 Å². The summed E-state index contributed by atoms with van der Waals surface area (Å²) in [5.74, 6) is 0. The molecule has 92 valence electrons. The summed E-state index contributed by atoms with van der Waals surface area (Å²) in [6.45, 7) is 5.14. The summed E-state index contributed by atoms with van der Waals surface area (Å²) in [6.07, 6.45) is 5.95. The molecule has 0 radical (unpaired) electrons. The van der Waals surface area contributed by atoms with Gasteiger partial charge in [-0.05, 0) is 35.4 Å². The highest BCUT2D eigenvalue weighted by molar-refractivity contribution is 14.1. The van der Waals surface area contributed by atoms with Crippen molar-refractivity contribution in [2.45, 2.75) is 33.2 Å². The van der Waals surface area contributed by atoms with Gasteiger partial charge in [0.15, 0.2) is 0 Å². The minimum atomic E-state index is 0.813. The largest absolute Gasteiger partial charge is 0.275 e. The van der Waals surface area contributed by atoms with Gasteiger partial charge in [0.25, 0.3) is 0 Å². The average Bonchev–Trinajstić information content (AvgIpc) is 2.83. The van der Waals surface area contributed by atoms with Crippen molar-refractivity contribution in [2.75, 3.05) is 0 Å². The predicted molar refractivity (Wildman–Crippen MR) is 76.0 cm³/mol. The third-order valence-electron chi connectivity index (χ3n) is 2.82. The van der Waals surface area contributed by atoms with Crippen LogP contribution in [0.15, 0.2) is 12.4 Å². The van der Waals surface area contributed by atoms with E-state index in [-0.39, 0.29) is 0 Å². The molecule has 0 saturated carbocycles. The molecule has 0 spiro atoms. The van der Waals surface area contributed by atoms with Crippen LogP contribution < -0.4 is 0 Å². The first-order valence-corrected chi connectivity index (χ1v) is 6.95. The van der Waals surface area contributed by atoms with E-state index >= 15 is 0 Å². The Hall–Kier alpha value is -0.850. The molecule has 17 heavy (non-hydrogen) atoms. The lowest BCUT2D eigenvalue weighted by Gasteiger charge is -2.03. The molecule has 0 aliphatic carbocycles. The standard InChI is InChI=1S/C12H17IN4/c1-4-10-12(13)11(5-2)17(15-10)8-9-6-14-16(3)7-9/h6-7H,4-5,8H2,1-3H3. The van der Waals surface area contributed by atoms with Gasteiger partial charge in [-0.1, -0.05) is 13.8 Å². The van der Waals surface area contributed by atoms with Gasteiger partial charge in [0.2, 0.25) is 0 Å². The van der Waals surface area contributed by atoms with E-state index in [2.05, 4.69) is 51.3 Å². The Balaban J connectivity index is 2.32. The molecule has 2 aromatic rings. The second-order valence-electron chi connectivity index (χ2n) is 4.09.